The van der Waals surface area contributed by atoms with Crippen LogP contribution in [-0.4, -0.2) is 79.5 Å². The number of aromatic nitrogens is 3. The maximum Gasteiger partial charge on any atom is 0.142 e. The lowest BCUT2D eigenvalue weighted by molar-refractivity contribution is 0.103. The number of nitrogens with zero attached hydrogens (tertiary/aromatic N) is 5. The zero-order valence-electron chi connectivity index (χ0n) is 29.6. The number of rotatable bonds is 16. The third kappa shape index (κ3) is 8.73. The number of nitriles is 1. The normalized spacial score (nSPS) is 14.9. The van der Waals surface area contributed by atoms with Crippen molar-refractivity contribution < 1.29 is 24.8 Å². The van der Waals surface area contributed by atoms with Gasteiger partial charge in [-0.15, -0.1) is 0 Å². The fourth-order valence-electron chi connectivity index (χ4n) is 6.48. The second kappa shape index (κ2) is 16.9. The molecule has 1 fully saturated rings. The third-order valence-corrected chi connectivity index (χ3v) is 10.0. The summed E-state index contributed by atoms with van der Waals surface area (Å²) < 4.78 is 14.6. The SMILES string of the molecule is Cc1c(COc2cc(OCc3cncc(C#N)c3)c(CNC(C)(CO)CO)cc2Cl)cccc1-c1cccc2c1cnn2CCCN1CC[C@@H](O)C1. The van der Waals surface area contributed by atoms with Crippen LogP contribution in [0.2, 0.25) is 5.02 Å². The first-order valence-electron chi connectivity index (χ1n) is 17.5. The van der Waals surface area contributed by atoms with E-state index in [-0.39, 0.29) is 39.1 Å². The van der Waals surface area contributed by atoms with Crippen molar-refractivity contribution in [2.75, 3.05) is 32.8 Å². The Morgan fingerprint density at radius 1 is 0.981 bits per heavy atom. The quantitative estimate of drug-likeness (QED) is 0.105. The molecular weight excluding hydrogens is 680 g/mol. The van der Waals surface area contributed by atoms with E-state index in [2.05, 4.69) is 57.1 Å². The minimum atomic E-state index is -0.909. The summed E-state index contributed by atoms with van der Waals surface area (Å²) in [4.78, 5) is 6.44. The molecule has 1 saturated heterocycles. The Hall–Kier alpha value is -4.54. The van der Waals surface area contributed by atoms with Crippen molar-refractivity contribution in [3.8, 4) is 28.7 Å². The fraction of sp³-hybridized carbons (Fsp3) is 0.375. The van der Waals surface area contributed by atoms with Gasteiger partial charge in [0.05, 0.1) is 47.2 Å². The molecule has 0 amide bonds. The van der Waals surface area contributed by atoms with Gasteiger partial charge < -0.3 is 35.0 Å². The number of aliphatic hydroxyl groups excluding tert-OH is 3. The van der Waals surface area contributed by atoms with Crippen LogP contribution in [0.15, 0.2) is 73.2 Å². The number of ether oxygens (including phenoxy) is 2. The lowest BCUT2D eigenvalue weighted by Gasteiger charge is -2.27. The van der Waals surface area contributed by atoms with E-state index in [1.807, 2.05) is 18.3 Å². The Morgan fingerprint density at radius 2 is 1.77 bits per heavy atom. The highest BCUT2D eigenvalue weighted by Gasteiger charge is 2.23. The van der Waals surface area contributed by atoms with Gasteiger partial charge in [0, 0.05) is 67.7 Å². The second-order valence-corrected chi connectivity index (χ2v) is 14.1. The van der Waals surface area contributed by atoms with Gasteiger partial charge in [-0.2, -0.15) is 10.4 Å². The molecule has 0 unspecified atom stereocenters. The summed E-state index contributed by atoms with van der Waals surface area (Å²) in [5, 5.41) is 48.2. The van der Waals surface area contributed by atoms with Gasteiger partial charge in [-0.3, -0.25) is 9.67 Å². The standard InChI is InChI=1S/C40H45ClN6O5/c1-27-30(6-3-7-33(27)34-8-4-9-37-35(34)21-45-47(37)12-5-11-46-13-10-32(50)22-46)24-52-39-16-38(51-23-29-14-28(17-42)18-43-19-29)31(15-36(39)41)20-44-40(2,25-48)26-49/h3-4,6-9,14-16,18-19,21,32,44,48-50H,5,10-13,20,22-26H2,1-2H3/t32-/m1/s1. The van der Waals surface area contributed by atoms with Crippen LogP contribution in [0.3, 0.4) is 0 Å². The summed E-state index contributed by atoms with van der Waals surface area (Å²) in [5.41, 5.74) is 6.32. The lowest BCUT2D eigenvalue weighted by atomic mass is 9.94. The molecule has 11 nitrogen and oxygen atoms in total. The molecule has 1 aliphatic rings. The molecule has 6 rings (SSSR count). The highest BCUT2D eigenvalue weighted by atomic mass is 35.5. The van der Waals surface area contributed by atoms with E-state index in [0.717, 1.165) is 77.7 Å². The predicted octanol–water partition coefficient (Wildman–Crippen LogP) is 5.38. The van der Waals surface area contributed by atoms with Crippen molar-refractivity contribution in [3.05, 3.63) is 106 Å². The number of pyridine rings is 1. The molecule has 52 heavy (non-hydrogen) atoms. The molecule has 1 aliphatic heterocycles. The molecule has 3 aromatic carbocycles. The molecule has 5 aromatic rings. The molecule has 0 radical (unpaired) electrons. The Labute approximate surface area is 309 Å². The molecule has 12 heteroatoms. The zero-order chi connectivity index (χ0) is 36.7. The Morgan fingerprint density at radius 3 is 2.54 bits per heavy atom. The number of β-amino-alcohol motifs (C(OH)–C–C–N with tert-alkyl or cyclic N) is 1. The first-order chi connectivity index (χ1) is 25.2. The van der Waals surface area contributed by atoms with Crippen LogP contribution in [0, 0.1) is 18.3 Å². The highest BCUT2D eigenvalue weighted by Crippen LogP contribution is 2.36. The van der Waals surface area contributed by atoms with Gasteiger partial charge in [0.2, 0.25) is 0 Å². The first kappa shape index (κ1) is 37.2. The molecular formula is C40H45ClN6O5. The van der Waals surface area contributed by atoms with Crippen LogP contribution in [-0.2, 0) is 26.3 Å². The molecule has 0 saturated carbocycles. The molecule has 4 N–H and O–H groups in total. The number of halogens is 1. The number of hydrogen-bond donors (Lipinski definition) is 4. The predicted molar refractivity (Wildman–Crippen MR) is 200 cm³/mol. The van der Waals surface area contributed by atoms with E-state index in [4.69, 9.17) is 26.2 Å². The third-order valence-electron chi connectivity index (χ3n) is 9.74. The summed E-state index contributed by atoms with van der Waals surface area (Å²) in [7, 11) is 0. The van der Waals surface area contributed by atoms with E-state index in [9.17, 15) is 20.6 Å². The monoisotopic (exact) mass is 724 g/mol. The van der Waals surface area contributed by atoms with Crippen LogP contribution < -0.4 is 14.8 Å². The van der Waals surface area contributed by atoms with Crippen molar-refractivity contribution in [1.29, 1.82) is 5.26 Å². The van der Waals surface area contributed by atoms with Gasteiger partial charge in [0.1, 0.15) is 30.8 Å². The molecule has 0 aliphatic carbocycles. The minimum absolute atomic E-state index is 0.153. The van der Waals surface area contributed by atoms with Crippen LogP contribution in [0.1, 0.15) is 47.6 Å². The van der Waals surface area contributed by atoms with Gasteiger partial charge in [-0.25, -0.2) is 0 Å². The van der Waals surface area contributed by atoms with Crippen LogP contribution in [0.25, 0.3) is 22.0 Å². The number of fused-ring (bicyclic) bond motifs is 1. The minimum Gasteiger partial charge on any atom is -0.488 e. The Bertz CT molecular complexity index is 2040. The molecule has 1 atom stereocenters. The van der Waals surface area contributed by atoms with Gasteiger partial charge >= 0.3 is 0 Å². The molecule has 272 valence electrons. The largest absolute Gasteiger partial charge is 0.488 e. The lowest BCUT2D eigenvalue weighted by Crippen LogP contribution is -2.48. The average molecular weight is 725 g/mol. The van der Waals surface area contributed by atoms with Crippen LogP contribution in [0.5, 0.6) is 11.5 Å². The van der Waals surface area contributed by atoms with Crippen molar-refractivity contribution in [2.24, 2.45) is 0 Å². The van der Waals surface area contributed by atoms with Crippen LogP contribution in [0.4, 0.5) is 0 Å². The number of aliphatic hydroxyl groups is 3. The van der Waals surface area contributed by atoms with Crippen molar-refractivity contribution in [3.63, 3.8) is 0 Å². The topological polar surface area (TPSA) is 149 Å². The maximum atomic E-state index is 9.85. The number of hydrogen-bond acceptors (Lipinski definition) is 10. The second-order valence-electron chi connectivity index (χ2n) is 13.7. The number of aryl methyl sites for hydroxylation is 1. The maximum absolute atomic E-state index is 9.85. The van der Waals surface area contributed by atoms with Crippen molar-refractivity contribution >= 4 is 22.5 Å². The van der Waals surface area contributed by atoms with Gasteiger partial charge in [0.15, 0.2) is 0 Å². The van der Waals surface area contributed by atoms with Crippen molar-refractivity contribution in [1.82, 2.24) is 25.0 Å². The van der Waals surface area contributed by atoms with E-state index >= 15 is 0 Å². The summed E-state index contributed by atoms with van der Waals surface area (Å²) in [5.74, 6) is 0.938. The van der Waals surface area contributed by atoms with E-state index in [1.54, 1.807) is 31.3 Å². The van der Waals surface area contributed by atoms with Gasteiger partial charge in [-0.1, -0.05) is 41.9 Å². The molecule has 3 heterocycles. The van der Waals surface area contributed by atoms with E-state index < -0.39 is 5.54 Å². The number of benzene rings is 3. The highest BCUT2D eigenvalue weighted by molar-refractivity contribution is 6.32. The average Bonchev–Trinajstić information content (AvgIpc) is 3.79. The fourth-order valence-corrected chi connectivity index (χ4v) is 6.72. The Kier molecular flexibility index (Phi) is 12.1. The summed E-state index contributed by atoms with van der Waals surface area (Å²) in [6, 6.07) is 19.8. The summed E-state index contributed by atoms with van der Waals surface area (Å²) >= 11 is 6.78. The molecule has 2 aromatic heterocycles. The number of likely N-dealkylation sites (tertiary alicyclic amines) is 1. The summed E-state index contributed by atoms with van der Waals surface area (Å²) in [6.45, 7) is 7.41. The van der Waals surface area contributed by atoms with E-state index in [1.165, 1.54) is 6.20 Å². The smallest absolute Gasteiger partial charge is 0.142 e. The Balaban J connectivity index is 1.20. The zero-order valence-corrected chi connectivity index (χ0v) is 30.3. The van der Waals surface area contributed by atoms with Gasteiger partial charge in [0.25, 0.3) is 0 Å². The molecule has 0 bridgehead atoms. The summed E-state index contributed by atoms with van der Waals surface area (Å²) in [6.07, 6.45) is 6.68. The van der Waals surface area contributed by atoms with Crippen LogP contribution >= 0.6 is 11.6 Å². The van der Waals surface area contributed by atoms with Gasteiger partial charge in [-0.05, 0) is 67.1 Å². The van der Waals surface area contributed by atoms with Crippen molar-refractivity contribution in [2.45, 2.75) is 64.6 Å². The molecule has 0 spiro atoms. The first-order valence-corrected chi connectivity index (χ1v) is 17.9. The van der Waals surface area contributed by atoms with E-state index in [0.29, 0.717) is 27.6 Å². The number of nitrogens with one attached hydrogen (secondary N) is 1.